The highest BCUT2D eigenvalue weighted by atomic mass is 16.5. The lowest BCUT2D eigenvalue weighted by molar-refractivity contribution is 0.0936. The van der Waals surface area contributed by atoms with Crippen molar-refractivity contribution in [1.82, 2.24) is 15.3 Å². The second-order valence-corrected chi connectivity index (χ2v) is 4.43. The molecular formula is C15H17N3O2. The summed E-state index contributed by atoms with van der Waals surface area (Å²) in [5.74, 6) is 0.636. The molecule has 5 heteroatoms. The lowest BCUT2D eigenvalue weighted by Gasteiger charge is -2.13. The van der Waals surface area contributed by atoms with Crippen LogP contribution in [0.25, 0.3) is 0 Å². The second kappa shape index (κ2) is 6.65. The molecule has 0 aliphatic rings. The molecule has 0 aliphatic carbocycles. The van der Waals surface area contributed by atoms with Crippen LogP contribution in [0.4, 0.5) is 0 Å². The standard InChI is InChI=1S/C15H17N3O2/c1-3-11(2)18-14(19)13-7-5-9-17-15(13)20-12-6-4-8-16-10-12/h4-11H,3H2,1-2H3,(H,18,19). The summed E-state index contributed by atoms with van der Waals surface area (Å²) in [5.41, 5.74) is 0.414. The Balaban J connectivity index is 2.20. The van der Waals surface area contributed by atoms with E-state index in [4.69, 9.17) is 4.74 Å². The Kier molecular flexibility index (Phi) is 4.65. The molecule has 0 radical (unpaired) electrons. The van der Waals surface area contributed by atoms with Gasteiger partial charge in [0.1, 0.15) is 11.3 Å². The largest absolute Gasteiger partial charge is 0.437 e. The van der Waals surface area contributed by atoms with E-state index in [1.807, 2.05) is 13.8 Å². The first-order valence-electron chi connectivity index (χ1n) is 6.54. The van der Waals surface area contributed by atoms with Crippen molar-refractivity contribution in [3.63, 3.8) is 0 Å². The van der Waals surface area contributed by atoms with Gasteiger partial charge in [-0.3, -0.25) is 9.78 Å². The molecule has 0 aliphatic heterocycles. The van der Waals surface area contributed by atoms with Gasteiger partial charge in [0.15, 0.2) is 0 Å². The smallest absolute Gasteiger partial charge is 0.256 e. The number of rotatable bonds is 5. The van der Waals surface area contributed by atoms with Crippen LogP contribution in [0.5, 0.6) is 11.6 Å². The minimum Gasteiger partial charge on any atom is -0.437 e. The quantitative estimate of drug-likeness (QED) is 0.908. The first kappa shape index (κ1) is 14.0. The van der Waals surface area contributed by atoms with Gasteiger partial charge in [-0.15, -0.1) is 0 Å². The van der Waals surface area contributed by atoms with Crippen LogP contribution in [-0.2, 0) is 0 Å². The maximum absolute atomic E-state index is 12.2. The average Bonchev–Trinajstić information content (AvgIpc) is 2.48. The fourth-order valence-electron chi connectivity index (χ4n) is 1.57. The Bertz CT molecular complexity index is 572. The fourth-order valence-corrected chi connectivity index (χ4v) is 1.57. The molecular weight excluding hydrogens is 254 g/mol. The van der Waals surface area contributed by atoms with E-state index in [0.717, 1.165) is 6.42 Å². The topological polar surface area (TPSA) is 64.1 Å². The number of hydrogen-bond acceptors (Lipinski definition) is 4. The molecule has 2 aromatic heterocycles. The summed E-state index contributed by atoms with van der Waals surface area (Å²) in [6.07, 6.45) is 5.68. The SMILES string of the molecule is CCC(C)NC(=O)c1cccnc1Oc1cccnc1. The van der Waals surface area contributed by atoms with E-state index in [-0.39, 0.29) is 17.8 Å². The summed E-state index contributed by atoms with van der Waals surface area (Å²) >= 11 is 0. The highest BCUT2D eigenvalue weighted by Gasteiger charge is 2.15. The van der Waals surface area contributed by atoms with Crippen molar-refractivity contribution in [1.29, 1.82) is 0 Å². The second-order valence-electron chi connectivity index (χ2n) is 4.43. The van der Waals surface area contributed by atoms with E-state index in [1.165, 1.54) is 0 Å². The summed E-state index contributed by atoms with van der Waals surface area (Å²) < 4.78 is 5.61. The van der Waals surface area contributed by atoms with Crippen LogP contribution < -0.4 is 10.1 Å². The summed E-state index contributed by atoms with van der Waals surface area (Å²) in [6, 6.07) is 7.03. The third-order valence-corrected chi connectivity index (χ3v) is 2.85. The zero-order valence-corrected chi connectivity index (χ0v) is 11.5. The lowest BCUT2D eigenvalue weighted by atomic mass is 10.2. The Hall–Kier alpha value is -2.43. The van der Waals surface area contributed by atoms with Gasteiger partial charge in [0.05, 0.1) is 6.20 Å². The van der Waals surface area contributed by atoms with E-state index in [1.54, 1.807) is 42.9 Å². The van der Waals surface area contributed by atoms with Gasteiger partial charge < -0.3 is 10.1 Å². The maximum Gasteiger partial charge on any atom is 0.256 e. The van der Waals surface area contributed by atoms with E-state index >= 15 is 0 Å². The van der Waals surface area contributed by atoms with Crippen molar-refractivity contribution in [2.45, 2.75) is 26.3 Å². The predicted octanol–water partition coefficient (Wildman–Crippen LogP) is 2.80. The molecule has 0 saturated carbocycles. The molecule has 1 amide bonds. The van der Waals surface area contributed by atoms with Crippen molar-refractivity contribution in [2.24, 2.45) is 0 Å². The highest BCUT2D eigenvalue weighted by molar-refractivity contribution is 5.96. The molecule has 1 N–H and O–H groups in total. The molecule has 2 rings (SSSR count). The van der Waals surface area contributed by atoms with Crippen LogP contribution in [0.3, 0.4) is 0 Å². The first-order valence-corrected chi connectivity index (χ1v) is 6.54. The molecule has 5 nitrogen and oxygen atoms in total. The predicted molar refractivity (Wildman–Crippen MR) is 75.8 cm³/mol. The molecule has 2 heterocycles. The van der Waals surface area contributed by atoms with Gasteiger partial charge in [0.25, 0.3) is 5.91 Å². The van der Waals surface area contributed by atoms with Crippen molar-refractivity contribution < 1.29 is 9.53 Å². The fraction of sp³-hybridized carbons (Fsp3) is 0.267. The molecule has 20 heavy (non-hydrogen) atoms. The minimum atomic E-state index is -0.189. The van der Waals surface area contributed by atoms with Crippen molar-refractivity contribution in [3.05, 3.63) is 48.4 Å². The number of carbonyl (C=O) groups is 1. The molecule has 0 aromatic carbocycles. The van der Waals surface area contributed by atoms with Crippen LogP contribution in [0, 0.1) is 0 Å². The van der Waals surface area contributed by atoms with Crippen LogP contribution in [0.2, 0.25) is 0 Å². The van der Waals surface area contributed by atoms with Gasteiger partial charge in [-0.2, -0.15) is 0 Å². The van der Waals surface area contributed by atoms with E-state index in [0.29, 0.717) is 11.3 Å². The van der Waals surface area contributed by atoms with Gasteiger partial charge in [-0.05, 0) is 37.6 Å². The van der Waals surface area contributed by atoms with Crippen molar-refractivity contribution >= 4 is 5.91 Å². The third-order valence-electron chi connectivity index (χ3n) is 2.85. The summed E-state index contributed by atoms with van der Waals surface area (Å²) in [5, 5.41) is 2.90. The number of nitrogens with one attached hydrogen (secondary N) is 1. The maximum atomic E-state index is 12.2. The van der Waals surface area contributed by atoms with Gasteiger partial charge >= 0.3 is 0 Å². The number of amides is 1. The Morgan fingerprint density at radius 2 is 2.15 bits per heavy atom. The number of carbonyl (C=O) groups excluding carboxylic acids is 1. The zero-order chi connectivity index (χ0) is 14.4. The normalized spacial score (nSPS) is 11.7. The first-order chi connectivity index (χ1) is 9.70. The molecule has 0 saturated heterocycles. The van der Waals surface area contributed by atoms with Crippen LogP contribution in [0.1, 0.15) is 30.6 Å². The number of ether oxygens (including phenoxy) is 1. The summed E-state index contributed by atoms with van der Waals surface area (Å²) in [7, 11) is 0. The van der Waals surface area contributed by atoms with E-state index in [2.05, 4.69) is 15.3 Å². The van der Waals surface area contributed by atoms with Gasteiger partial charge in [0.2, 0.25) is 5.88 Å². The summed E-state index contributed by atoms with van der Waals surface area (Å²) in [4.78, 5) is 20.3. The lowest BCUT2D eigenvalue weighted by Crippen LogP contribution is -2.32. The number of aromatic nitrogens is 2. The van der Waals surface area contributed by atoms with Crippen molar-refractivity contribution in [2.75, 3.05) is 0 Å². The zero-order valence-electron chi connectivity index (χ0n) is 11.5. The molecule has 2 aromatic rings. The monoisotopic (exact) mass is 271 g/mol. The summed E-state index contributed by atoms with van der Waals surface area (Å²) in [6.45, 7) is 3.97. The van der Waals surface area contributed by atoms with E-state index in [9.17, 15) is 4.79 Å². The number of nitrogens with zero attached hydrogens (tertiary/aromatic N) is 2. The van der Waals surface area contributed by atoms with Gasteiger partial charge in [0, 0.05) is 18.4 Å². The number of hydrogen-bond donors (Lipinski definition) is 1. The van der Waals surface area contributed by atoms with Crippen LogP contribution >= 0.6 is 0 Å². The third kappa shape index (κ3) is 3.54. The van der Waals surface area contributed by atoms with E-state index < -0.39 is 0 Å². The van der Waals surface area contributed by atoms with Crippen LogP contribution in [-0.4, -0.2) is 21.9 Å². The minimum absolute atomic E-state index is 0.106. The molecule has 104 valence electrons. The molecule has 1 unspecified atom stereocenters. The molecule has 0 spiro atoms. The van der Waals surface area contributed by atoms with Gasteiger partial charge in [-0.25, -0.2) is 4.98 Å². The Morgan fingerprint density at radius 1 is 1.35 bits per heavy atom. The Labute approximate surface area is 118 Å². The molecule has 1 atom stereocenters. The van der Waals surface area contributed by atoms with Crippen LogP contribution in [0.15, 0.2) is 42.9 Å². The van der Waals surface area contributed by atoms with Crippen molar-refractivity contribution in [3.8, 4) is 11.6 Å². The van der Waals surface area contributed by atoms with Gasteiger partial charge in [-0.1, -0.05) is 6.92 Å². The number of pyridine rings is 2. The Morgan fingerprint density at radius 3 is 2.85 bits per heavy atom. The average molecular weight is 271 g/mol. The molecule has 0 bridgehead atoms. The highest BCUT2D eigenvalue weighted by Crippen LogP contribution is 2.21. The molecule has 0 fully saturated rings.